The summed E-state index contributed by atoms with van der Waals surface area (Å²) in [5.41, 5.74) is 2.86. The first-order valence-electron chi connectivity index (χ1n) is 11.5. The SMILES string of the molecule is Cc1nc(N(C)CCCN(C)C)ccc1Nc1ncc2c(n1)-c1ccc(C(F)(F)F)cc1NC(=S)C2. The van der Waals surface area contributed by atoms with Crippen molar-refractivity contribution in [2.24, 2.45) is 0 Å². The number of nitrogens with one attached hydrogen (secondary N) is 2. The molecule has 0 amide bonds. The van der Waals surface area contributed by atoms with Crippen LogP contribution in [0.3, 0.4) is 0 Å². The molecule has 0 bridgehead atoms. The number of rotatable bonds is 7. The van der Waals surface area contributed by atoms with Crippen molar-refractivity contribution in [1.82, 2.24) is 19.9 Å². The molecule has 190 valence electrons. The highest BCUT2D eigenvalue weighted by Crippen LogP contribution is 2.38. The fourth-order valence-corrected chi connectivity index (χ4v) is 4.24. The summed E-state index contributed by atoms with van der Waals surface area (Å²) in [4.78, 5) is 18.4. The standard InChI is InChI=1S/C25H28F3N7S/c1-15-19(8-9-21(30-15)35(4)11-5-10-34(2)3)32-24-29-14-16-12-22(36)31-20-13-17(25(26,27)28)6-7-18(20)23(16)33-24/h6-9,13-14H,5,10-12H2,1-4H3,(H,31,36)(H,29,32,33). The van der Waals surface area contributed by atoms with Crippen LogP contribution in [0.2, 0.25) is 0 Å². The smallest absolute Gasteiger partial charge is 0.360 e. The monoisotopic (exact) mass is 515 g/mol. The van der Waals surface area contributed by atoms with Crippen LogP contribution in [0, 0.1) is 6.92 Å². The second-order valence-electron chi connectivity index (χ2n) is 9.06. The van der Waals surface area contributed by atoms with Gasteiger partial charge >= 0.3 is 6.18 Å². The molecule has 0 radical (unpaired) electrons. The normalized spacial score (nSPS) is 13.1. The number of alkyl halides is 3. The van der Waals surface area contributed by atoms with Crippen molar-refractivity contribution >= 4 is 40.3 Å². The van der Waals surface area contributed by atoms with Gasteiger partial charge in [-0.25, -0.2) is 15.0 Å². The van der Waals surface area contributed by atoms with Gasteiger partial charge < -0.3 is 20.4 Å². The predicted molar refractivity (Wildman–Crippen MR) is 141 cm³/mol. The van der Waals surface area contributed by atoms with Crippen LogP contribution in [-0.2, 0) is 12.6 Å². The minimum Gasteiger partial charge on any atom is -0.360 e. The Bertz CT molecular complexity index is 1280. The zero-order chi connectivity index (χ0) is 26.0. The van der Waals surface area contributed by atoms with Crippen LogP contribution >= 0.6 is 12.2 Å². The van der Waals surface area contributed by atoms with Gasteiger partial charge in [0.15, 0.2) is 0 Å². The topological polar surface area (TPSA) is 69.2 Å². The third-order valence-corrected chi connectivity index (χ3v) is 6.15. The van der Waals surface area contributed by atoms with Gasteiger partial charge in [-0.2, -0.15) is 13.2 Å². The quantitative estimate of drug-likeness (QED) is 0.412. The third-order valence-electron chi connectivity index (χ3n) is 5.90. The Labute approximate surface area is 213 Å². The van der Waals surface area contributed by atoms with E-state index < -0.39 is 11.7 Å². The summed E-state index contributed by atoms with van der Waals surface area (Å²) in [6, 6.07) is 7.39. The molecule has 1 aliphatic heterocycles. The summed E-state index contributed by atoms with van der Waals surface area (Å²) in [6.07, 6.45) is -1.45. The highest BCUT2D eigenvalue weighted by Gasteiger charge is 2.32. The molecular formula is C25H28F3N7S. The Hall–Kier alpha value is -3.31. The number of hydrogen-bond donors (Lipinski definition) is 2. The molecule has 2 aromatic heterocycles. The predicted octanol–water partition coefficient (Wildman–Crippen LogP) is 5.29. The molecule has 11 heteroatoms. The average molecular weight is 516 g/mol. The summed E-state index contributed by atoms with van der Waals surface area (Å²) in [5, 5.41) is 6.12. The van der Waals surface area contributed by atoms with Crippen molar-refractivity contribution in [1.29, 1.82) is 0 Å². The van der Waals surface area contributed by atoms with Crippen molar-refractivity contribution in [3.05, 3.63) is 53.3 Å². The number of hydrogen-bond acceptors (Lipinski definition) is 7. The molecule has 3 aromatic rings. The molecule has 4 rings (SSSR count). The number of fused-ring (bicyclic) bond motifs is 3. The fourth-order valence-electron chi connectivity index (χ4n) is 3.98. The Morgan fingerprint density at radius 2 is 1.86 bits per heavy atom. The van der Waals surface area contributed by atoms with E-state index in [0.29, 0.717) is 28.6 Å². The van der Waals surface area contributed by atoms with Crippen LogP contribution in [0.5, 0.6) is 0 Å². The number of halogens is 3. The maximum atomic E-state index is 13.3. The van der Waals surface area contributed by atoms with Gasteiger partial charge in [0.2, 0.25) is 5.95 Å². The van der Waals surface area contributed by atoms with Crippen molar-refractivity contribution in [2.45, 2.75) is 25.9 Å². The number of anilines is 4. The van der Waals surface area contributed by atoms with Gasteiger partial charge in [-0.05, 0) is 58.3 Å². The van der Waals surface area contributed by atoms with E-state index in [0.717, 1.165) is 54.4 Å². The molecule has 7 nitrogen and oxygen atoms in total. The van der Waals surface area contributed by atoms with Crippen molar-refractivity contribution < 1.29 is 13.2 Å². The van der Waals surface area contributed by atoms with E-state index in [1.54, 1.807) is 6.20 Å². The molecule has 0 saturated carbocycles. The fraction of sp³-hybridized carbons (Fsp3) is 0.360. The summed E-state index contributed by atoms with van der Waals surface area (Å²) >= 11 is 5.33. The van der Waals surface area contributed by atoms with Gasteiger partial charge in [0.1, 0.15) is 5.82 Å². The van der Waals surface area contributed by atoms with Crippen LogP contribution in [0.4, 0.5) is 36.3 Å². The molecule has 0 saturated heterocycles. The molecule has 0 fully saturated rings. The van der Waals surface area contributed by atoms with Crippen LogP contribution in [0.25, 0.3) is 11.3 Å². The van der Waals surface area contributed by atoms with Gasteiger partial charge in [0, 0.05) is 43.0 Å². The van der Waals surface area contributed by atoms with Crippen molar-refractivity contribution in [3.63, 3.8) is 0 Å². The Balaban J connectivity index is 1.59. The lowest BCUT2D eigenvalue weighted by Gasteiger charge is -2.20. The lowest BCUT2D eigenvalue weighted by Crippen LogP contribution is -2.24. The minimum atomic E-state index is -4.46. The molecule has 1 aliphatic rings. The molecule has 2 N–H and O–H groups in total. The van der Waals surface area contributed by atoms with Crippen molar-refractivity contribution in [2.75, 3.05) is 49.8 Å². The second-order valence-corrected chi connectivity index (χ2v) is 9.55. The van der Waals surface area contributed by atoms with Crippen LogP contribution < -0.4 is 15.5 Å². The molecular weight excluding hydrogens is 487 g/mol. The average Bonchev–Trinajstić information content (AvgIpc) is 2.94. The summed E-state index contributed by atoms with van der Waals surface area (Å²) in [5.74, 6) is 1.19. The van der Waals surface area contributed by atoms with Crippen LogP contribution in [-0.4, -0.2) is 59.1 Å². The van der Waals surface area contributed by atoms with E-state index in [4.69, 9.17) is 17.2 Å². The van der Waals surface area contributed by atoms with E-state index in [1.165, 1.54) is 6.07 Å². The molecule has 0 unspecified atom stereocenters. The van der Waals surface area contributed by atoms with Gasteiger partial charge in [-0.3, -0.25) is 0 Å². The first kappa shape index (κ1) is 25.8. The molecule has 3 heterocycles. The zero-order valence-electron chi connectivity index (χ0n) is 20.6. The Kier molecular flexibility index (Phi) is 7.41. The number of pyridine rings is 1. The largest absolute Gasteiger partial charge is 0.416 e. The minimum absolute atomic E-state index is 0.276. The number of thiocarbonyl (C=S) groups is 1. The summed E-state index contributed by atoms with van der Waals surface area (Å²) in [6.45, 7) is 3.79. The highest BCUT2D eigenvalue weighted by atomic mass is 32.1. The molecule has 1 aromatic carbocycles. The first-order valence-corrected chi connectivity index (χ1v) is 11.9. The molecule has 0 atom stereocenters. The highest BCUT2D eigenvalue weighted by molar-refractivity contribution is 7.80. The molecule has 0 spiro atoms. The number of benzene rings is 1. The number of aryl methyl sites for hydroxylation is 1. The number of nitrogens with zero attached hydrogens (tertiary/aromatic N) is 5. The Morgan fingerprint density at radius 1 is 1.08 bits per heavy atom. The van der Waals surface area contributed by atoms with E-state index in [2.05, 4.69) is 44.5 Å². The van der Waals surface area contributed by atoms with Gasteiger partial charge in [-0.15, -0.1) is 0 Å². The first-order chi connectivity index (χ1) is 17.0. The summed E-state index contributed by atoms with van der Waals surface area (Å²) < 4.78 is 39.8. The maximum absolute atomic E-state index is 13.3. The van der Waals surface area contributed by atoms with E-state index in [-0.39, 0.29) is 5.69 Å². The Morgan fingerprint density at radius 3 is 2.56 bits per heavy atom. The third kappa shape index (κ3) is 5.90. The van der Waals surface area contributed by atoms with E-state index in [9.17, 15) is 13.2 Å². The molecule has 36 heavy (non-hydrogen) atoms. The second kappa shape index (κ2) is 10.4. The lowest BCUT2D eigenvalue weighted by atomic mass is 10.0. The van der Waals surface area contributed by atoms with E-state index >= 15 is 0 Å². The van der Waals surface area contributed by atoms with Crippen LogP contribution in [0.15, 0.2) is 36.5 Å². The number of aromatic nitrogens is 3. The van der Waals surface area contributed by atoms with E-state index in [1.807, 2.05) is 26.1 Å². The molecule has 0 aliphatic carbocycles. The summed E-state index contributed by atoms with van der Waals surface area (Å²) in [7, 11) is 6.12. The van der Waals surface area contributed by atoms with Gasteiger partial charge in [0.25, 0.3) is 0 Å². The van der Waals surface area contributed by atoms with Gasteiger partial charge in [-0.1, -0.05) is 18.3 Å². The van der Waals surface area contributed by atoms with Crippen LogP contribution in [0.1, 0.15) is 23.2 Å². The van der Waals surface area contributed by atoms with Crippen molar-refractivity contribution in [3.8, 4) is 11.3 Å². The maximum Gasteiger partial charge on any atom is 0.416 e. The van der Waals surface area contributed by atoms with Gasteiger partial charge in [0.05, 0.1) is 27.6 Å². The zero-order valence-corrected chi connectivity index (χ0v) is 21.4. The lowest BCUT2D eigenvalue weighted by molar-refractivity contribution is -0.137.